The molecule has 90 valence electrons. The summed E-state index contributed by atoms with van der Waals surface area (Å²) in [6.45, 7) is 4.52. The zero-order valence-electron chi connectivity index (χ0n) is 10.4. The van der Waals surface area contributed by atoms with Gasteiger partial charge in [-0.3, -0.25) is 4.79 Å². The first-order valence-electron chi connectivity index (χ1n) is 5.78. The van der Waals surface area contributed by atoms with Gasteiger partial charge in [0.05, 0.1) is 18.3 Å². The van der Waals surface area contributed by atoms with Gasteiger partial charge in [-0.2, -0.15) is 0 Å². The first-order chi connectivity index (χ1) is 8.22. The molecule has 0 aliphatic carbocycles. The fraction of sp³-hybridized carbons (Fsp3) is 0.385. The molecule has 0 spiro atoms. The van der Waals surface area contributed by atoms with E-state index < -0.39 is 0 Å². The van der Waals surface area contributed by atoms with Crippen LogP contribution in [0.15, 0.2) is 12.3 Å². The largest absolute Gasteiger partial charge is 0.478 e. The number of aldehydes is 1. The van der Waals surface area contributed by atoms with Crippen molar-refractivity contribution in [3.63, 3.8) is 0 Å². The molecule has 0 fully saturated rings. The van der Waals surface area contributed by atoms with Gasteiger partial charge in [-0.15, -0.1) is 0 Å². The zero-order chi connectivity index (χ0) is 12.4. The summed E-state index contributed by atoms with van der Waals surface area (Å²) in [7, 11) is 1.95. The number of rotatable bonds is 4. The molecule has 2 aromatic rings. The molecule has 0 unspecified atom stereocenters. The molecule has 0 atom stereocenters. The minimum Gasteiger partial charge on any atom is -0.478 e. The van der Waals surface area contributed by atoms with Crippen molar-refractivity contribution >= 4 is 17.2 Å². The predicted octanol–water partition coefficient (Wildman–Crippen LogP) is 2.35. The fourth-order valence-electron chi connectivity index (χ4n) is 2.18. The third-order valence-corrected chi connectivity index (χ3v) is 2.97. The molecule has 0 radical (unpaired) electrons. The number of carbonyl (C=O) groups excluding carboxylic acids is 1. The number of hydrogen-bond donors (Lipinski definition) is 0. The third-order valence-electron chi connectivity index (χ3n) is 2.97. The number of hydrogen-bond acceptors (Lipinski definition) is 3. The summed E-state index contributed by atoms with van der Waals surface area (Å²) in [4.78, 5) is 15.4. The average Bonchev–Trinajstić information content (AvgIpc) is 2.61. The van der Waals surface area contributed by atoms with E-state index in [0.717, 1.165) is 34.9 Å². The molecule has 0 amide bonds. The second kappa shape index (κ2) is 4.57. The highest BCUT2D eigenvalue weighted by Gasteiger charge is 2.14. The molecule has 0 aliphatic rings. The van der Waals surface area contributed by atoms with Gasteiger partial charge in [0, 0.05) is 29.8 Å². The summed E-state index contributed by atoms with van der Waals surface area (Å²) < 4.78 is 7.38. The average molecular weight is 232 g/mol. The molecule has 0 saturated heterocycles. The van der Waals surface area contributed by atoms with Crippen LogP contribution in [0.25, 0.3) is 10.9 Å². The van der Waals surface area contributed by atoms with Crippen molar-refractivity contribution in [2.24, 2.45) is 7.05 Å². The Morgan fingerprint density at radius 2 is 2.24 bits per heavy atom. The lowest BCUT2D eigenvalue weighted by molar-refractivity contribution is 0.112. The number of nitrogens with zero attached hydrogens (tertiary/aromatic N) is 2. The van der Waals surface area contributed by atoms with Crippen molar-refractivity contribution < 1.29 is 9.53 Å². The van der Waals surface area contributed by atoms with Crippen LogP contribution in [0.1, 0.15) is 29.9 Å². The molecule has 0 aliphatic heterocycles. The summed E-state index contributed by atoms with van der Waals surface area (Å²) in [5.74, 6) is 0.566. The Bertz CT molecular complexity index is 558. The van der Waals surface area contributed by atoms with Crippen molar-refractivity contribution in [3.05, 3.63) is 23.5 Å². The van der Waals surface area contributed by atoms with Crippen molar-refractivity contribution in [2.45, 2.75) is 20.3 Å². The molecule has 0 bridgehead atoms. The SMILES string of the molecule is CCOc1cc2c(C=O)c(CC)n(C)c2cn1. The highest BCUT2D eigenvalue weighted by Crippen LogP contribution is 2.26. The second-order valence-electron chi connectivity index (χ2n) is 3.86. The summed E-state index contributed by atoms with van der Waals surface area (Å²) >= 11 is 0. The Balaban J connectivity index is 2.71. The minimum absolute atomic E-state index is 0.566. The van der Waals surface area contributed by atoms with E-state index >= 15 is 0 Å². The number of pyridine rings is 1. The van der Waals surface area contributed by atoms with Gasteiger partial charge in [0.2, 0.25) is 5.88 Å². The first kappa shape index (κ1) is 11.6. The summed E-state index contributed by atoms with van der Waals surface area (Å²) in [6, 6.07) is 1.84. The molecule has 2 heterocycles. The Hall–Kier alpha value is -1.84. The Labute approximate surface area is 100 Å². The molecule has 0 aromatic carbocycles. The van der Waals surface area contributed by atoms with E-state index in [2.05, 4.69) is 4.98 Å². The normalized spacial score (nSPS) is 10.8. The monoisotopic (exact) mass is 232 g/mol. The molecular weight excluding hydrogens is 216 g/mol. The molecule has 0 saturated carbocycles. The van der Waals surface area contributed by atoms with Gasteiger partial charge in [-0.1, -0.05) is 6.92 Å². The van der Waals surface area contributed by atoms with Gasteiger partial charge in [-0.25, -0.2) is 4.98 Å². The predicted molar refractivity (Wildman–Crippen MR) is 66.6 cm³/mol. The maximum Gasteiger partial charge on any atom is 0.213 e. The lowest BCUT2D eigenvalue weighted by Gasteiger charge is -2.02. The molecule has 17 heavy (non-hydrogen) atoms. The quantitative estimate of drug-likeness (QED) is 0.760. The molecule has 4 heteroatoms. The second-order valence-corrected chi connectivity index (χ2v) is 3.86. The van der Waals surface area contributed by atoms with Crippen LogP contribution in [-0.2, 0) is 13.5 Å². The van der Waals surface area contributed by atoms with Gasteiger partial charge < -0.3 is 9.30 Å². The van der Waals surface area contributed by atoms with Crippen LogP contribution in [0, 0.1) is 0 Å². The zero-order valence-corrected chi connectivity index (χ0v) is 10.4. The number of aromatic nitrogens is 2. The van der Waals surface area contributed by atoms with Crippen LogP contribution >= 0.6 is 0 Å². The van der Waals surface area contributed by atoms with E-state index in [1.807, 2.05) is 31.5 Å². The molecule has 0 N–H and O–H groups in total. The van der Waals surface area contributed by atoms with Crippen LogP contribution in [0.2, 0.25) is 0 Å². The van der Waals surface area contributed by atoms with E-state index in [0.29, 0.717) is 12.5 Å². The smallest absolute Gasteiger partial charge is 0.213 e. The fourth-order valence-corrected chi connectivity index (χ4v) is 2.18. The van der Waals surface area contributed by atoms with Crippen molar-refractivity contribution in [2.75, 3.05) is 6.61 Å². The number of fused-ring (bicyclic) bond motifs is 1. The van der Waals surface area contributed by atoms with Gasteiger partial charge in [0.15, 0.2) is 6.29 Å². The van der Waals surface area contributed by atoms with Gasteiger partial charge >= 0.3 is 0 Å². The lowest BCUT2D eigenvalue weighted by Crippen LogP contribution is -1.96. The summed E-state index contributed by atoms with van der Waals surface area (Å²) in [5, 5.41) is 0.915. The Morgan fingerprint density at radius 1 is 1.47 bits per heavy atom. The van der Waals surface area contributed by atoms with E-state index in [1.54, 1.807) is 6.20 Å². The highest BCUT2D eigenvalue weighted by molar-refractivity contribution is 5.99. The van der Waals surface area contributed by atoms with Crippen LogP contribution in [0.5, 0.6) is 5.88 Å². The molecular formula is C13H16N2O2. The molecule has 2 aromatic heterocycles. The summed E-state index contributed by atoms with van der Waals surface area (Å²) in [5.41, 5.74) is 2.74. The Morgan fingerprint density at radius 3 is 2.82 bits per heavy atom. The molecule has 2 rings (SSSR count). The van der Waals surface area contributed by atoms with E-state index in [1.165, 1.54) is 0 Å². The summed E-state index contributed by atoms with van der Waals surface area (Å²) in [6.07, 6.45) is 3.49. The topological polar surface area (TPSA) is 44.1 Å². The minimum atomic E-state index is 0.566. The third kappa shape index (κ3) is 1.79. The Kier molecular flexibility index (Phi) is 3.13. The van der Waals surface area contributed by atoms with Crippen molar-refractivity contribution in [3.8, 4) is 5.88 Å². The van der Waals surface area contributed by atoms with E-state index in [4.69, 9.17) is 4.74 Å². The van der Waals surface area contributed by atoms with Crippen molar-refractivity contribution in [1.82, 2.24) is 9.55 Å². The van der Waals surface area contributed by atoms with Crippen LogP contribution in [0.4, 0.5) is 0 Å². The number of aryl methyl sites for hydroxylation is 1. The molecule has 4 nitrogen and oxygen atoms in total. The lowest BCUT2D eigenvalue weighted by atomic mass is 10.1. The van der Waals surface area contributed by atoms with E-state index in [9.17, 15) is 4.79 Å². The van der Waals surface area contributed by atoms with Crippen LogP contribution in [-0.4, -0.2) is 22.4 Å². The van der Waals surface area contributed by atoms with Crippen LogP contribution in [0.3, 0.4) is 0 Å². The van der Waals surface area contributed by atoms with Crippen molar-refractivity contribution in [1.29, 1.82) is 0 Å². The number of ether oxygens (including phenoxy) is 1. The van der Waals surface area contributed by atoms with Gasteiger partial charge in [0.1, 0.15) is 0 Å². The standard InChI is InChI=1S/C13H16N2O2/c1-4-11-10(8-16)9-6-13(17-5-2)14-7-12(9)15(11)3/h6-8H,4-5H2,1-3H3. The van der Waals surface area contributed by atoms with E-state index in [-0.39, 0.29) is 0 Å². The number of carbonyl (C=O) groups is 1. The van der Waals surface area contributed by atoms with Gasteiger partial charge in [-0.05, 0) is 13.3 Å². The maximum absolute atomic E-state index is 11.2. The first-order valence-corrected chi connectivity index (χ1v) is 5.78. The van der Waals surface area contributed by atoms with Gasteiger partial charge in [0.25, 0.3) is 0 Å². The highest BCUT2D eigenvalue weighted by atomic mass is 16.5. The maximum atomic E-state index is 11.2. The van der Waals surface area contributed by atoms with Crippen LogP contribution < -0.4 is 4.74 Å².